The van der Waals surface area contributed by atoms with Crippen LogP contribution in [0, 0.1) is 10.1 Å². The van der Waals surface area contributed by atoms with Crippen molar-refractivity contribution in [2.75, 3.05) is 13.6 Å². The highest BCUT2D eigenvalue weighted by Gasteiger charge is 2.19. The molecule has 0 atom stereocenters. The van der Waals surface area contributed by atoms with Gasteiger partial charge >= 0.3 is 0 Å². The Balaban J connectivity index is 3.17. The van der Waals surface area contributed by atoms with Crippen LogP contribution in [0.2, 0.25) is 5.15 Å². The molecule has 0 unspecified atom stereocenters. The summed E-state index contributed by atoms with van der Waals surface area (Å²) < 4.78 is 0. The van der Waals surface area contributed by atoms with Crippen molar-refractivity contribution < 1.29 is 9.72 Å². The third-order valence-corrected chi connectivity index (χ3v) is 2.39. The largest absolute Gasteiger partial charge is 0.342 e. The van der Waals surface area contributed by atoms with E-state index in [0.29, 0.717) is 6.54 Å². The molecular weight excluding hydrogens is 234 g/mol. The number of hydrogen-bond acceptors (Lipinski definition) is 4. The van der Waals surface area contributed by atoms with Crippen molar-refractivity contribution in [1.82, 2.24) is 9.88 Å². The number of rotatable bonds is 3. The van der Waals surface area contributed by atoms with Crippen LogP contribution in [0.5, 0.6) is 0 Å². The zero-order valence-electron chi connectivity index (χ0n) is 8.81. The highest BCUT2D eigenvalue weighted by atomic mass is 35.5. The summed E-state index contributed by atoms with van der Waals surface area (Å²) in [6.07, 6.45) is 1.02. The maximum Gasteiger partial charge on any atom is 0.288 e. The van der Waals surface area contributed by atoms with Crippen LogP contribution in [0.4, 0.5) is 5.69 Å². The molecule has 0 saturated carbocycles. The summed E-state index contributed by atoms with van der Waals surface area (Å²) in [6, 6.07) is 1.13. The average molecular weight is 244 g/mol. The fourth-order valence-corrected chi connectivity index (χ4v) is 1.22. The Kier molecular flexibility index (Phi) is 3.78. The van der Waals surface area contributed by atoms with Crippen LogP contribution in [0.15, 0.2) is 12.3 Å². The van der Waals surface area contributed by atoms with E-state index in [2.05, 4.69) is 4.98 Å². The minimum atomic E-state index is -0.619. The van der Waals surface area contributed by atoms with Crippen LogP contribution in [-0.4, -0.2) is 34.3 Å². The van der Waals surface area contributed by atoms with E-state index in [0.717, 1.165) is 12.3 Å². The van der Waals surface area contributed by atoms with Crippen molar-refractivity contribution >= 4 is 23.2 Å². The first kappa shape index (κ1) is 12.4. The van der Waals surface area contributed by atoms with Gasteiger partial charge in [-0.1, -0.05) is 11.6 Å². The lowest BCUT2D eigenvalue weighted by Gasteiger charge is -2.14. The number of carbonyl (C=O) groups is 1. The van der Waals surface area contributed by atoms with Crippen molar-refractivity contribution in [2.24, 2.45) is 0 Å². The Morgan fingerprint density at radius 1 is 1.69 bits per heavy atom. The molecule has 0 aliphatic carbocycles. The summed E-state index contributed by atoms with van der Waals surface area (Å²) in [5.41, 5.74) is -0.211. The lowest BCUT2D eigenvalue weighted by atomic mass is 10.2. The van der Waals surface area contributed by atoms with Gasteiger partial charge in [-0.15, -0.1) is 0 Å². The van der Waals surface area contributed by atoms with E-state index in [4.69, 9.17) is 11.6 Å². The lowest BCUT2D eigenvalue weighted by Crippen LogP contribution is -2.26. The highest BCUT2D eigenvalue weighted by molar-refractivity contribution is 6.32. The molecule has 0 aromatic carbocycles. The second-order valence-corrected chi connectivity index (χ2v) is 3.47. The minimum absolute atomic E-state index is 0.0316. The van der Waals surface area contributed by atoms with E-state index in [1.807, 2.05) is 0 Å². The van der Waals surface area contributed by atoms with Crippen LogP contribution < -0.4 is 0 Å². The highest BCUT2D eigenvalue weighted by Crippen LogP contribution is 2.20. The average Bonchev–Trinajstić information content (AvgIpc) is 2.27. The van der Waals surface area contributed by atoms with Crippen LogP contribution in [0.1, 0.15) is 17.3 Å². The van der Waals surface area contributed by atoms with Crippen LogP contribution in [-0.2, 0) is 0 Å². The predicted octanol–water partition coefficient (Wildman–Crippen LogP) is 1.74. The summed E-state index contributed by atoms with van der Waals surface area (Å²) in [7, 11) is 1.58. The van der Waals surface area contributed by atoms with E-state index >= 15 is 0 Å². The molecule has 0 aliphatic rings. The number of nitrogens with zero attached hydrogens (tertiary/aromatic N) is 3. The van der Waals surface area contributed by atoms with Gasteiger partial charge in [-0.3, -0.25) is 14.9 Å². The third-order valence-electron chi connectivity index (χ3n) is 2.09. The summed E-state index contributed by atoms with van der Waals surface area (Å²) in [5.74, 6) is -0.385. The lowest BCUT2D eigenvalue weighted by molar-refractivity contribution is -0.385. The quantitative estimate of drug-likeness (QED) is 0.460. The van der Waals surface area contributed by atoms with Crippen molar-refractivity contribution in [3.63, 3.8) is 0 Å². The molecule has 0 fully saturated rings. The molecule has 1 heterocycles. The molecule has 0 N–H and O–H groups in total. The molecule has 1 rings (SSSR count). The molecule has 0 saturated heterocycles. The van der Waals surface area contributed by atoms with Crippen molar-refractivity contribution in [3.8, 4) is 0 Å². The first-order valence-corrected chi connectivity index (χ1v) is 4.90. The van der Waals surface area contributed by atoms with Gasteiger partial charge in [0, 0.05) is 19.7 Å². The second kappa shape index (κ2) is 4.89. The van der Waals surface area contributed by atoms with Gasteiger partial charge in [-0.05, 0) is 6.92 Å². The number of aromatic nitrogens is 1. The first-order valence-electron chi connectivity index (χ1n) is 4.52. The normalized spacial score (nSPS) is 9.94. The Hall–Kier alpha value is -1.69. The zero-order valence-corrected chi connectivity index (χ0v) is 9.56. The molecule has 0 radical (unpaired) electrons. The number of pyridine rings is 1. The number of nitro groups is 1. The van der Waals surface area contributed by atoms with Crippen LogP contribution in [0.3, 0.4) is 0 Å². The fraction of sp³-hybridized carbons (Fsp3) is 0.333. The molecule has 0 aliphatic heterocycles. The van der Waals surface area contributed by atoms with E-state index in [9.17, 15) is 14.9 Å². The van der Waals surface area contributed by atoms with Crippen molar-refractivity contribution in [3.05, 3.63) is 33.1 Å². The maximum absolute atomic E-state index is 11.8. The molecular formula is C9H10ClN3O3. The Morgan fingerprint density at radius 3 is 2.81 bits per heavy atom. The standard InChI is InChI=1S/C9H10ClN3O3/c1-3-12(2)9(14)7-4-6(13(15)16)5-11-8(7)10/h4-5H,3H2,1-2H3. The molecule has 1 aromatic rings. The minimum Gasteiger partial charge on any atom is -0.342 e. The number of amides is 1. The Bertz CT molecular complexity index is 436. The molecule has 86 valence electrons. The van der Waals surface area contributed by atoms with Crippen LogP contribution >= 0.6 is 11.6 Å². The van der Waals surface area contributed by atoms with Gasteiger partial charge in [0.25, 0.3) is 11.6 Å². The van der Waals surface area contributed by atoms with Gasteiger partial charge in [-0.25, -0.2) is 4.98 Å². The molecule has 6 nitrogen and oxygen atoms in total. The van der Waals surface area contributed by atoms with Gasteiger partial charge in [0.1, 0.15) is 11.3 Å². The van der Waals surface area contributed by atoms with Gasteiger partial charge in [-0.2, -0.15) is 0 Å². The van der Waals surface area contributed by atoms with Crippen LogP contribution in [0.25, 0.3) is 0 Å². The van der Waals surface area contributed by atoms with Gasteiger partial charge in [0.15, 0.2) is 0 Å². The molecule has 0 bridgehead atoms. The monoisotopic (exact) mass is 243 g/mol. The van der Waals surface area contributed by atoms with Crippen molar-refractivity contribution in [2.45, 2.75) is 6.92 Å². The van der Waals surface area contributed by atoms with Gasteiger partial charge in [0.2, 0.25) is 0 Å². The molecule has 1 amide bonds. The van der Waals surface area contributed by atoms with Crippen molar-refractivity contribution in [1.29, 1.82) is 0 Å². The maximum atomic E-state index is 11.8. The number of halogens is 1. The summed E-state index contributed by atoms with van der Waals surface area (Å²) in [5, 5.41) is 10.5. The Labute approximate surface area is 97.0 Å². The zero-order chi connectivity index (χ0) is 12.3. The summed E-state index contributed by atoms with van der Waals surface area (Å²) >= 11 is 5.72. The van der Waals surface area contributed by atoms with E-state index in [-0.39, 0.29) is 22.3 Å². The fourth-order valence-electron chi connectivity index (χ4n) is 1.04. The number of carbonyl (C=O) groups excluding carboxylic acids is 1. The molecule has 7 heteroatoms. The molecule has 0 spiro atoms. The second-order valence-electron chi connectivity index (χ2n) is 3.11. The predicted molar refractivity (Wildman–Crippen MR) is 58.5 cm³/mol. The summed E-state index contributed by atoms with van der Waals surface area (Å²) in [6.45, 7) is 2.27. The van der Waals surface area contributed by atoms with Gasteiger partial charge < -0.3 is 4.90 Å². The number of hydrogen-bond donors (Lipinski definition) is 0. The van der Waals surface area contributed by atoms with E-state index in [1.54, 1.807) is 14.0 Å². The van der Waals surface area contributed by atoms with E-state index < -0.39 is 4.92 Å². The Morgan fingerprint density at radius 2 is 2.31 bits per heavy atom. The topological polar surface area (TPSA) is 76.3 Å². The smallest absolute Gasteiger partial charge is 0.288 e. The van der Waals surface area contributed by atoms with E-state index in [1.165, 1.54) is 4.90 Å². The van der Waals surface area contributed by atoms with Gasteiger partial charge in [0.05, 0.1) is 10.5 Å². The molecule has 16 heavy (non-hydrogen) atoms. The SMILES string of the molecule is CCN(C)C(=O)c1cc([N+](=O)[O-])cnc1Cl. The first-order chi connectivity index (χ1) is 7.47. The molecule has 1 aromatic heterocycles. The summed E-state index contributed by atoms with van der Waals surface area (Å²) in [4.78, 5) is 26.7. The third kappa shape index (κ3) is 2.46.